The molecule has 17 heavy (non-hydrogen) atoms. The van der Waals surface area contributed by atoms with Crippen molar-refractivity contribution in [2.75, 3.05) is 23.7 Å². The second-order valence-electron chi connectivity index (χ2n) is 3.93. The monoisotopic (exact) mass is 237 g/mol. The van der Waals surface area contributed by atoms with Gasteiger partial charge in [-0.3, -0.25) is 10.1 Å². The summed E-state index contributed by atoms with van der Waals surface area (Å²) in [7, 11) is 0. The summed E-state index contributed by atoms with van der Waals surface area (Å²) in [6.07, 6.45) is 2.20. The number of hydrogen-bond donors (Lipinski definition) is 1. The smallest absolute Gasteiger partial charge is 0.271 e. The maximum absolute atomic E-state index is 10.6. The van der Waals surface area contributed by atoms with Crippen molar-refractivity contribution in [2.45, 2.75) is 26.7 Å². The van der Waals surface area contributed by atoms with Gasteiger partial charge in [-0.05, 0) is 19.4 Å². The van der Waals surface area contributed by atoms with Crippen LogP contribution >= 0.6 is 0 Å². The Labute approximate surface area is 101 Å². The van der Waals surface area contributed by atoms with E-state index in [4.69, 9.17) is 5.73 Å². The minimum absolute atomic E-state index is 0.0396. The number of nitro groups is 1. The van der Waals surface area contributed by atoms with E-state index in [9.17, 15) is 10.1 Å². The van der Waals surface area contributed by atoms with Gasteiger partial charge in [-0.25, -0.2) is 0 Å². The fourth-order valence-corrected chi connectivity index (χ4v) is 1.74. The highest BCUT2D eigenvalue weighted by molar-refractivity contribution is 5.70. The summed E-state index contributed by atoms with van der Waals surface area (Å²) < 4.78 is 0. The van der Waals surface area contributed by atoms with E-state index in [1.165, 1.54) is 12.1 Å². The lowest BCUT2D eigenvalue weighted by Crippen LogP contribution is -2.24. The number of nitro benzene ring substituents is 1. The van der Waals surface area contributed by atoms with Crippen molar-refractivity contribution in [3.63, 3.8) is 0 Å². The van der Waals surface area contributed by atoms with Gasteiger partial charge < -0.3 is 10.6 Å². The second-order valence-corrected chi connectivity index (χ2v) is 3.93. The number of anilines is 2. The fourth-order valence-electron chi connectivity index (χ4n) is 1.74. The summed E-state index contributed by atoms with van der Waals surface area (Å²) in [5, 5.41) is 10.6. The average molecular weight is 237 g/mol. The van der Waals surface area contributed by atoms with E-state index in [1.807, 2.05) is 0 Å². The number of non-ortho nitro benzene ring substituents is 1. The Bertz CT molecular complexity index is 393. The first-order valence-electron chi connectivity index (χ1n) is 5.89. The van der Waals surface area contributed by atoms with Crippen LogP contribution in [0.1, 0.15) is 26.7 Å². The molecule has 0 unspecified atom stereocenters. The molecule has 94 valence electrons. The first-order valence-corrected chi connectivity index (χ1v) is 5.89. The molecule has 0 amide bonds. The van der Waals surface area contributed by atoms with E-state index in [-0.39, 0.29) is 5.69 Å². The van der Waals surface area contributed by atoms with Gasteiger partial charge in [0.25, 0.3) is 5.69 Å². The topological polar surface area (TPSA) is 72.4 Å². The normalized spacial score (nSPS) is 10.2. The van der Waals surface area contributed by atoms with Crippen LogP contribution in [0, 0.1) is 10.1 Å². The molecule has 0 saturated carbocycles. The van der Waals surface area contributed by atoms with Gasteiger partial charge in [0.15, 0.2) is 0 Å². The molecule has 0 aliphatic carbocycles. The summed E-state index contributed by atoms with van der Waals surface area (Å²) in [6.45, 7) is 5.96. The Balaban J connectivity index is 2.92. The van der Waals surface area contributed by atoms with Crippen LogP contribution in [0.15, 0.2) is 18.2 Å². The SMILES string of the molecule is CCCCN(CC)c1ccc([N+](=O)[O-])cc1N. The van der Waals surface area contributed by atoms with Gasteiger partial charge in [-0.2, -0.15) is 0 Å². The molecule has 0 saturated heterocycles. The maximum Gasteiger partial charge on any atom is 0.271 e. The van der Waals surface area contributed by atoms with Crippen LogP contribution < -0.4 is 10.6 Å². The molecule has 0 heterocycles. The first kappa shape index (κ1) is 13.3. The molecule has 0 radical (unpaired) electrons. The van der Waals surface area contributed by atoms with Crippen molar-refractivity contribution in [3.8, 4) is 0 Å². The molecule has 0 atom stereocenters. The summed E-state index contributed by atoms with van der Waals surface area (Å²) in [5.41, 5.74) is 7.25. The van der Waals surface area contributed by atoms with Gasteiger partial charge in [0, 0.05) is 25.2 Å². The van der Waals surface area contributed by atoms with Crippen molar-refractivity contribution >= 4 is 17.1 Å². The molecule has 0 fully saturated rings. The van der Waals surface area contributed by atoms with Gasteiger partial charge >= 0.3 is 0 Å². The van der Waals surface area contributed by atoms with Crippen molar-refractivity contribution < 1.29 is 4.92 Å². The largest absolute Gasteiger partial charge is 0.397 e. The Morgan fingerprint density at radius 3 is 2.59 bits per heavy atom. The zero-order valence-electron chi connectivity index (χ0n) is 10.3. The molecule has 0 aromatic heterocycles. The molecule has 1 aromatic rings. The number of hydrogen-bond acceptors (Lipinski definition) is 4. The zero-order valence-corrected chi connectivity index (χ0v) is 10.3. The van der Waals surface area contributed by atoms with Crippen LogP contribution in [0.5, 0.6) is 0 Å². The van der Waals surface area contributed by atoms with E-state index in [1.54, 1.807) is 6.07 Å². The van der Waals surface area contributed by atoms with Crippen LogP contribution in [0.2, 0.25) is 0 Å². The van der Waals surface area contributed by atoms with Gasteiger partial charge in [-0.1, -0.05) is 13.3 Å². The Kier molecular flexibility index (Phi) is 4.75. The van der Waals surface area contributed by atoms with Crippen molar-refractivity contribution in [2.24, 2.45) is 0 Å². The van der Waals surface area contributed by atoms with Crippen LogP contribution in [-0.4, -0.2) is 18.0 Å². The predicted octanol–water partition coefficient (Wildman–Crippen LogP) is 2.80. The van der Waals surface area contributed by atoms with Gasteiger partial charge in [0.2, 0.25) is 0 Å². The lowest BCUT2D eigenvalue weighted by atomic mass is 10.2. The van der Waals surface area contributed by atoms with E-state index in [0.29, 0.717) is 5.69 Å². The Hall–Kier alpha value is -1.78. The van der Waals surface area contributed by atoms with Gasteiger partial charge in [0.05, 0.1) is 16.3 Å². The highest BCUT2D eigenvalue weighted by Crippen LogP contribution is 2.27. The molecule has 5 heteroatoms. The number of nitrogens with two attached hydrogens (primary N) is 1. The molecule has 1 rings (SSSR count). The summed E-state index contributed by atoms with van der Waals surface area (Å²) in [6, 6.07) is 4.65. The fraction of sp³-hybridized carbons (Fsp3) is 0.500. The molecular weight excluding hydrogens is 218 g/mol. The third-order valence-electron chi connectivity index (χ3n) is 2.73. The summed E-state index contributed by atoms with van der Waals surface area (Å²) in [5.74, 6) is 0. The number of unbranched alkanes of at least 4 members (excludes halogenated alkanes) is 1. The average Bonchev–Trinajstić information content (AvgIpc) is 2.31. The highest BCUT2D eigenvalue weighted by Gasteiger charge is 2.12. The molecule has 2 N–H and O–H groups in total. The van der Waals surface area contributed by atoms with Crippen LogP contribution in [0.4, 0.5) is 17.1 Å². The zero-order chi connectivity index (χ0) is 12.8. The molecule has 5 nitrogen and oxygen atoms in total. The van der Waals surface area contributed by atoms with E-state index in [0.717, 1.165) is 31.6 Å². The molecule has 0 aliphatic heterocycles. The minimum Gasteiger partial charge on any atom is -0.397 e. The number of rotatable bonds is 6. The van der Waals surface area contributed by atoms with Crippen LogP contribution in [0.3, 0.4) is 0 Å². The van der Waals surface area contributed by atoms with Gasteiger partial charge in [-0.15, -0.1) is 0 Å². The second kappa shape index (κ2) is 6.08. The third kappa shape index (κ3) is 3.34. The van der Waals surface area contributed by atoms with Crippen molar-refractivity contribution in [3.05, 3.63) is 28.3 Å². The summed E-state index contributed by atoms with van der Waals surface area (Å²) >= 11 is 0. The molecular formula is C12H19N3O2. The minimum atomic E-state index is -0.428. The Morgan fingerprint density at radius 2 is 2.12 bits per heavy atom. The molecule has 1 aromatic carbocycles. The van der Waals surface area contributed by atoms with E-state index < -0.39 is 4.92 Å². The standard InChI is InChI=1S/C12H19N3O2/c1-3-5-8-14(4-2)12-7-6-10(15(16)17)9-11(12)13/h6-7,9H,3-5,8,13H2,1-2H3. The van der Waals surface area contributed by atoms with Gasteiger partial charge in [0.1, 0.15) is 0 Å². The number of nitrogen functional groups attached to an aromatic ring is 1. The molecule has 0 bridgehead atoms. The first-order chi connectivity index (χ1) is 8.10. The number of nitrogens with zero attached hydrogens (tertiary/aromatic N) is 2. The van der Waals surface area contributed by atoms with Crippen molar-refractivity contribution in [1.82, 2.24) is 0 Å². The third-order valence-corrected chi connectivity index (χ3v) is 2.73. The molecule has 0 spiro atoms. The highest BCUT2D eigenvalue weighted by atomic mass is 16.6. The molecule has 0 aliphatic rings. The summed E-state index contributed by atoms with van der Waals surface area (Å²) in [4.78, 5) is 12.3. The Morgan fingerprint density at radius 1 is 1.41 bits per heavy atom. The quantitative estimate of drug-likeness (QED) is 0.469. The van der Waals surface area contributed by atoms with Crippen LogP contribution in [-0.2, 0) is 0 Å². The predicted molar refractivity (Wildman–Crippen MR) is 70.3 cm³/mol. The van der Waals surface area contributed by atoms with Crippen molar-refractivity contribution in [1.29, 1.82) is 0 Å². The van der Waals surface area contributed by atoms with E-state index >= 15 is 0 Å². The van der Waals surface area contributed by atoms with Crippen LogP contribution in [0.25, 0.3) is 0 Å². The van der Waals surface area contributed by atoms with E-state index in [2.05, 4.69) is 18.7 Å². The number of benzene rings is 1. The lowest BCUT2D eigenvalue weighted by Gasteiger charge is -2.24. The maximum atomic E-state index is 10.6. The lowest BCUT2D eigenvalue weighted by molar-refractivity contribution is -0.384.